The first-order valence-electron chi connectivity index (χ1n) is 3.57. The van der Waals surface area contributed by atoms with Crippen LogP contribution in [0.1, 0.15) is 10.5 Å². The highest BCUT2D eigenvalue weighted by molar-refractivity contribution is 6.01. The van der Waals surface area contributed by atoms with Crippen molar-refractivity contribution in [2.24, 2.45) is 5.73 Å². The van der Waals surface area contributed by atoms with E-state index in [1.807, 2.05) is 0 Å². The Labute approximate surface area is 72.9 Å². The number of fused-ring (bicyclic) bond motifs is 1. The average molecular weight is 181 g/mol. The number of aromatic amines is 1. The molecule has 4 N–H and O–H groups in total. The summed E-state index contributed by atoms with van der Waals surface area (Å²) in [6, 6.07) is 0. The van der Waals surface area contributed by atoms with Gasteiger partial charge in [-0.2, -0.15) is 0 Å². The van der Waals surface area contributed by atoms with E-state index in [1.165, 1.54) is 6.33 Å². The third-order valence-corrected chi connectivity index (χ3v) is 1.78. The molecule has 0 aliphatic carbocycles. The SMILES string of the molecule is NC1NC(=O)c2[nH]cnc2N1C=O. The van der Waals surface area contributed by atoms with Crippen LogP contribution >= 0.6 is 0 Å². The minimum absolute atomic E-state index is 0.244. The second-order valence-electron chi connectivity index (χ2n) is 2.53. The molecule has 0 fully saturated rings. The lowest BCUT2D eigenvalue weighted by molar-refractivity contribution is -0.108. The van der Waals surface area contributed by atoms with Crippen LogP contribution < -0.4 is 16.0 Å². The van der Waals surface area contributed by atoms with Crippen molar-refractivity contribution < 1.29 is 9.59 Å². The van der Waals surface area contributed by atoms with Crippen molar-refractivity contribution in [1.29, 1.82) is 0 Å². The number of nitrogens with zero attached hydrogens (tertiary/aromatic N) is 2. The van der Waals surface area contributed by atoms with E-state index in [2.05, 4.69) is 15.3 Å². The molecule has 1 aromatic heterocycles. The number of hydrogen-bond acceptors (Lipinski definition) is 4. The lowest BCUT2D eigenvalue weighted by atomic mass is 10.3. The molecular formula is C6H7N5O2. The average Bonchev–Trinajstić information content (AvgIpc) is 2.53. The minimum Gasteiger partial charge on any atom is -0.339 e. The van der Waals surface area contributed by atoms with Gasteiger partial charge in [0.1, 0.15) is 5.69 Å². The van der Waals surface area contributed by atoms with Gasteiger partial charge in [0.2, 0.25) is 6.41 Å². The molecule has 1 unspecified atom stereocenters. The molecule has 2 heterocycles. The summed E-state index contributed by atoms with van der Waals surface area (Å²) in [6.07, 6.45) is 1.00. The Hall–Kier alpha value is -1.89. The largest absolute Gasteiger partial charge is 0.339 e. The molecule has 0 radical (unpaired) electrons. The molecule has 0 spiro atoms. The smallest absolute Gasteiger partial charge is 0.274 e. The summed E-state index contributed by atoms with van der Waals surface area (Å²) < 4.78 is 0. The molecule has 2 amide bonds. The normalized spacial score (nSPS) is 20.8. The number of rotatable bonds is 1. The maximum Gasteiger partial charge on any atom is 0.274 e. The van der Waals surface area contributed by atoms with Gasteiger partial charge >= 0.3 is 0 Å². The van der Waals surface area contributed by atoms with Crippen molar-refractivity contribution in [3.63, 3.8) is 0 Å². The molecule has 13 heavy (non-hydrogen) atoms. The van der Waals surface area contributed by atoms with E-state index in [0.717, 1.165) is 4.90 Å². The van der Waals surface area contributed by atoms with Crippen LogP contribution in [0.2, 0.25) is 0 Å². The Morgan fingerprint density at radius 2 is 2.46 bits per heavy atom. The molecule has 0 bridgehead atoms. The molecule has 1 aliphatic heterocycles. The maximum absolute atomic E-state index is 11.2. The number of nitrogens with two attached hydrogens (primary N) is 1. The molecule has 0 saturated heterocycles. The predicted molar refractivity (Wildman–Crippen MR) is 42.6 cm³/mol. The quantitative estimate of drug-likeness (QED) is 0.452. The van der Waals surface area contributed by atoms with Crippen LogP contribution in [0.3, 0.4) is 0 Å². The zero-order valence-electron chi connectivity index (χ0n) is 6.52. The van der Waals surface area contributed by atoms with Gasteiger partial charge in [-0.3, -0.25) is 20.2 Å². The van der Waals surface area contributed by atoms with Gasteiger partial charge in [0.15, 0.2) is 12.1 Å². The van der Waals surface area contributed by atoms with E-state index < -0.39 is 6.29 Å². The van der Waals surface area contributed by atoms with E-state index in [1.54, 1.807) is 0 Å². The first-order valence-corrected chi connectivity index (χ1v) is 3.57. The third kappa shape index (κ3) is 0.975. The Balaban J connectivity index is 2.51. The Morgan fingerprint density at radius 3 is 3.15 bits per heavy atom. The van der Waals surface area contributed by atoms with Gasteiger partial charge in [-0.1, -0.05) is 0 Å². The fourth-order valence-corrected chi connectivity index (χ4v) is 1.17. The highest BCUT2D eigenvalue weighted by Crippen LogP contribution is 2.18. The molecule has 0 saturated carbocycles. The van der Waals surface area contributed by atoms with Crippen LogP contribution in [0.5, 0.6) is 0 Å². The zero-order chi connectivity index (χ0) is 9.42. The standard InChI is InChI=1S/C6H7N5O2/c7-6-10-5(13)3-4(9-1-8-3)11(6)2-12/h1-2,6H,7H2,(H,8,9)(H,10,13). The lowest BCUT2D eigenvalue weighted by Gasteiger charge is -2.28. The molecule has 2 rings (SSSR count). The Kier molecular flexibility index (Phi) is 1.52. The summed E-state index contributed by atoms with van der Waals surface area (Å²) in [7, 11) is 0. The van der Waals surface area contributed by atoms with Gasteiger partial charge < -0.3 is 10.3 Å². The molecule has 1 atom stereocenters. The summed E-state index contributed by atoms with van der Waals surface area (Å²) in [5, 5.41) is 2.38. The van der Waals surface area contributed by atoms with Gasteiger partial charge in [0, 0.05) is 0 Å². The van der Waals surface area contributed by atoms with Crippen LogP contribution in [0.25, 0.3) is 0 Å². The van der Waals surface area contributed by atoms with Gasteiger partial charge in [-0.25, -0.2) is 4.98 Å². The molecule has 7 heteroatoms. The monoisotopic (exact) mass is 181 g/mol. The number of H-pyrrole nitrogens is 1. The van der Waals surface area contributed by atoms with E-state index >= 15 is 0 Å². The van der Waals surface area contributed by atoms with Crippen LogP contribution in [0, 0.1) is 0 Å². The van der Waals surface area contributed by atoms with E-state index in [4.69, 9.17) is 5.73 Å². The van der Waals surface area contributed by atoms with E-state index in [0.29, 0.717) is 6.41 Å². The molecule has 1 aromatic rings. The molecule has 7 nitrogen and oxygen atoms in total. The summed E-state index contributed by atoms with van der Waals surface area (Å²) in [5.74, 6) is -0.107. The van der Waals surface area contributed by atoms with Crippen LogP contribution in [0.15, 0.2) is 6.33 Å². The number of carbonyl (C=O) groups excluding carboxylic acids is 2. The van der Waals surface area contributed by atoms with Crippen molar-refractivity contribution in [3.05, 3.63) is 12.0 Å². The van der Waals surface area contributed by atoms with Crippen molar-refractivity contribution >= 4 is 18.1 Å². The van der Waals surface area contributed by atoms with Crippen LogP contribution in [-0.2, 0) is 4.79 Å². The fourth-order valence-electron chi connectivity index (χ4n) is 1.17. The number of amides is 2. The zero-order valence-corrected chi connectivity index (χ0v) is 6.52. The molecular weight excluding hydrogens is 174 g/mol. The van der Waals surface area contributed by atoms with Crippen LogP contribution in [-0.4, -0.2) is 28.6 Å². The first-order chi connectivity index (χ1) is 6.24. The summed E-state index contributed by atoms with van der Waals surface area (Å²) in [4.78, 5) is 29.3. The number of aromatic nitrogens is 2. The summed E-state index contributed by atoms with van der Waals surface area (Å²) in [6.45, 7) is 0. The van der Waals surface area contributed by atoms with Crippen molar-refractivity contribution in [3.8, 4) is 0 Å². The van der Waals surface area contributed by atoms with Crippen molar-refractivity contribution in [2.45, 2.75) is 6.29 Å². The Bertz CT molecular complexity index is 360. The summed E-state index contributed by atoms with van der Waals surface area (Å²) in [5.41, 5.74) is 5.71. The number of carbonyl (C=O) groups is 2. The van der Waals surface area contributed by atoms with Crippen LogP contribution in [0.4, 0.5) is 5.82 Å². The number of hydrogen-bond donors (Lipinski definition) is 3. The highest BCUT2D eigenvalue weighted by Gasteiger charge is 2.30. The molecule has 0 aromatic carbocycles. The van der Waals surface area contributed by atoms with Crippen molar-refractivity contribution in [1.82, 2.24) is 15.3 Å². The van der Waals surface area contributed by atoms with E-state index in [-0.39, 0.29) is 17.4 Å². The first kappa shape index (κ1) is 7.74. The van der Waals surface area contributed by atoms with E-state index in [9.17, 15) is 9.59 Å². The molecule has 68 valence electrons. The van der Waals surface area contributed by atoms with Gasteiger partial charge in [0.05, 0.1) is 6.33 Å². The van der Waals surface area contributed by atoms with Crippen molar-refractivity contribution in [2.75, 3.05) is 4.90 Å². The predicted octanol–water partition coefficient (Wildman–Crippen LogP) is -1.64. The second-order valence-corrected chi connectivity index (χ2v) is 2.53. The number of nitrogens with one attached hydrogen (secondary N) is 2. The van der Waals surface area contributed by atoms with Gasteiger partial charge in [-0.05, 0) is 0 Å². The fraction of sp³-hybridized carbons (Fsp3) is 0.167. The number of anilines is 1. The topological polar surface area (TPSA) is 104 Å². The van der Waals surface area contributed by atoms with Gasteiger partial charge in [-0.15, -0.1) is 0 Å². The summed E-state index contributed by atoms with van der Waals surface area (Å²) >= 11 is 0. The second kappa shape index (κ2) is 2.56. The Morgan fingerprint density at radius 1 is 1.69 bits per heavy atom. The highest BCUT2D eigenvalue weighted by atomic mass is 16.2. The lowest BCUT2D eigenvalue weighted by Crippen LogP contribution is -2.57. The molecule has 1 aliphatic rings. The van der Waals surface area contributed by atoms with Gasteiger partial charge in [0.25, 0.3) is 5.91 Å². The minimum atomic E-state index is -0.846. The third-order valence-electron chi connectivity index (χ3n) is 1.78. The maximum atomic E-state index is 11.2. The number of imidazole rings is 1.